The second-order valence-corrected chi connectivity index (χ2v) is 6.92. The highest BCUT2D eigenvalue weighted by molar-refractivity contribution is 5.95. The van der Waals surface area contributed by atoms with E-state index < -0.39 is 0 Å². The molecule has 1 aromatic heterocycles. The Balaban J connectivity index is 1.46. The first-order valence-corrected chi connectivity index (χ1v) is 9.86. The Morgan fingerprint density at radius 3 is 2.77 bits per heavy atom. The van der Waals surface area contributed by atoms with E-state index in [1.807, 2.05) is 24.3 Å². The molecule has 1 amide bonds. The number of hydrogen-bond acceptors (Lipinski definition) is 6. The van der Waals surface area contributed by atoms with Gasteiger partial charge in [0.1, 0.15) is 11.5 Å². The highest BCUT2D eigenvalue weighted by Crippen LogP contribution is 2.24. The van der Waals surface area contributed by atoms with Crippen molar-refractivity contribution in [3.05, 3.63) is 66.4 Å². The van der Waals surface area contributed by atoms with Crippen molar-refractivity contribution in [1.29, 1.82) is 0 Å². The summed E-state index contributed by atoms with van der Waals surface area (Å²) in [6.45, 7) is 1.28. The molecule has 0 radical (unpaired) electrons. The first kappa shape index (κ1) is 19.8. The number of ether oxygens (including phenoxy) is 3. The zero-order chi connectivity index (χ0) is 20.8. The molecule has 1 N–H and O–H groups in total. The first-order chi connectivity index (χ1) is 14.7. The molecule has 4 rings (SSSR count). The van der Waals surface area contributed by atoms with Gasteiger partial charge < -0.3 is 19.5 Å². The molecule has 1 saturated heterocycles. The Hall–Kier alpha value is -3.45. The van der Waals surface area contributed by atoms with Crippen molar-refractivity contribution in [2.75, 3.05) is 20.3 Å². The number of aromatic nitrogens is 2. The van der Waals surface area contributed by atoms with Gasteiger partial charge in [-0.2, -0.15) is 4.98 Å². The molecule has 0 aliphatic carbocycles. The summed E-state index contributed by atoms with van der Waals surface area (Å²) >= 11 is 0. The van der Waals surface area contributed by atoms with Crippen LogP contribution in [0.4, 0.5) is 0 Å². The van der Waals surface area contributed by atoms with Crippen molar-refractivity contribution in [3.63, 3.8) is 0 Å². The third-order valence-corrected chi connectivity index (χ3v) is 4.81. The van der Waals surface area contributed by atoms with Crippen molar-refractivity contribution in [1.82, 2.24) is 15.3 Å². The van der Waals surface area contributed by atoms with E-state index in [0.717, 1.165) is 30.8 Å². The maximum absolute atomic E-state index is 12.5. The third-order valence-electron chi connectivity index (χ3n) is 4.81. The van der Waals surface area contributed by atoms with E-state index in [1.54, 1.807) is 43.6 Å². The van der Waals surface area contributed by atoms with Gasteiger partial charge in [0, 0.05) is 36.5 Å². The van der Waals surface area contributed by atoms with Crippen LogP contribution in [0.1, 0.15) is 23.2 Å². The topological polar surface area (TPSA) is 82.6 Å². The third kappa shape index (κ3) is 4.93. The highest BCUT2D eigenvalue weighted by Gasteiger charge is 2.17. The Bertz CT molecular complexity index is 1000. The molecule has 0 bridgehead atoms. The van der Waals surface area contributed by atoms with Crippen molar-refractivity contribution in [2.24, 2.45) is 0 Å². The van der Waals surface area contributed by atoms with Gasteiger partial charge in [-0.25, -0.2) is 4.98 Å². The van der Waals surface area contributed by atoms with Gasteiger partial charge in [-0.3, -0.25) is 4.79 Å². The Morgan fingerprint density at radius 1 is 1.17 bits per heavy atom. The lowest BCUT2D eigenvalue weighted by atomic mass is 10.1. The maximum Gasteiger partial charge on any atom is 0.251 e. The lowest BCUT2D eigenvalue weighted by molar-refractivity contribution is 0.0858. The quantitative estimate of drug-likeness (QED) is 0.643. The Kier molecular flexibility index (Phi) is 6.20. The second kappa shape index (κ2) is 9.37. The van der Waals surface area contributed by atoms with E-state index >= 15 is 0 Å². The number of nitrogens with zero attached hydrogens (tertiary/aromatic N) is 2. The van der Waals surface area contributed by atoms with Gasteiger partial charge >= 0.3 is 0 Å². The summed E-state index contributed by atoms with van der Waals surface area (Å²) < 4.78 is 16.5. The minimum Gasteiger partial charge on any atom is -0.497 e. The molecule has 2 aromatic carbocycles. The zero-order valence-corrected chi connectivity index (χ0v) is 16.7. The predicted molar refractivity (Wildman–Crippen MR) is 112 cm³/mol. The number of amides is 1. The van der Waals surface area contributed by atoms with E-state index in [4.69, 9.17) is 14.2 Å². The first-order valence-electron chi connectivity index (χ1n) is 9.86. The molecule has 7 heteroatoms. The average Bonchev–Trinajstić information content (AvgIpc) is 3.32. The van der Waals surface area contributed by atoms with Crippen LogP contribution < -0.4 is 14.8 Å². The molecule has 3 aromatic rings. The minimum atomic E-state index is -0.141. The van der Waals surface area contributed by atoms with Gasteiger partial charge in [0.05, 0.1) is 13.2 Å². The number of benzene rings is 2. The van der Waals surface area contributed by atoms with Crippen LogP contribution in [0.2, 0.25) is 0 Å². The molecule has 7 nitrogen and oxygen atoms in total. The monoisotopic (exact) mass is 405 g/mol. The molecule has 2 heterocycles. The van der Waals surface area contributed by atoms with E-state index in [0.29, 0.717) is 29.6 Å². The number of methoxy groups -OCH3 is 1. The molecule has 0 saturated carbocycles. The Morgan fingerprint density at radius 2 is 2.00 bits per heavy atom. The van der Waals surface area contributed by atoms with E-state index in [1.165, 1.54) is 0 Å². The Labute approximate surface area is 175 Å². The number of hydrogen-bond donors (Lipinski definition) is 1. The lowest BCUT2D eigenvalue weighted by Crippen LogP contribution is -2.31. The van der Waals surface area contributed by atoms with Crippen LogP contribution in [-0.4, -0.2) is 42.2 Å². The number of rotatable bonds is 7. The molecular formula is C23H23N3O4. The summed E-state index contributed by atoms with van der Waals surface area (Å²) in [5.74, 6) is 2.15. The fourth-order valence-electron chi connectivity index (χ4n) is 3.22. The number of carbonyl (C=O) groups excluding carboxylic acids is 1. The van der Waals surface area contributed by atoms with Crippen molar-refractivity contribution < 1.29 is 19.0 Å². The normalized spacial score (nSPS) is 15.6. The van der Waals surface area contributed by atoms with Crippen molar-refractivity contribution in [3.8, 4) is 28.8 Å². The van der Waals surface area contributed by atoms with Crippen LogP contribution in [0.25, 0.3) is 11.4 Å². The molecule has 0 spiro atoms. The largest absolute Gasteiger partial charge is 0.497 e. The summed E-state index contributed by atoms with van der Waals surface area (Å²) in [7, 11) is 1.61. The SMILES string of the molecule is COc1ccc(Oc2ccnc(-c3cccc(C(=O)NCC4CCCO4)c3)n2)cc1. The van der Waals surface area contributed by atoms with Crippen LogP contribution in [-0.2, 0) is 4.74 Å². The molecule has 1 atom stereocenters. The molecule has 1 unspecified atom stereocenters. The van der Waals surface area contributed by atoms with Crippen LogP contribution in [0, 0.1) is 0 Å². The standard InChI is InChI=1S/C23H23N3O4/c1-28-18-7-9-19(10-8-18)30-21-11-12-24-22(26-21)16-4-2-5-17(14-16)23(27)25-15-20-6-3-13-29-20/h2,4-5,7-12,14,20H,3,6,13,15H2,1H3,(H,25,27). The predicted octanol–water partition coefficient (Wildman–Crippen LogP) is 3.85. The maximum atomic E-state index is 12.5. The second-order valence-electron chi connectivity index (χ2n) is 6.92. The van der Waals surface area contributed by atoms with Gasteiger partial charge in [0.15, 0.2) is 5.82 Å². The summed E-state index contributed by atoms with van der Waals surface area (Å²) in [5.41, 5.74) is 1.29. The van der Waals surface area contributed by atoms with E-state index in [-0.39, 0.29) is 12.0 Å². The molecule has 154 valence electrons. The van der Waals surface area contributed by atoms with Crippen molar-refractivity contribution >= 4 is 5.91 Å². The number of carbonyl (C=O) groups is 1. The smallest absolute Gasteiger partial charge is 0.251 e. The zero-order valence-electron chi connectivity index (χ0n) is 16.7. The van der Waals surface area contributed by atoms with E-state index in [9.17, 15) is 4.79 Å². The van der Waals surface area contributed by atoms with Crippen molar-refractivity contribution in [2.45, 2.75) is 18.9 Å². The fourth-order valence-corrected chi connectivity index (χ4v) is 3.22. The van der Waals surface area contributed by atoms with Gasteiger partial charge in [0.25, 0.3) is 5.91 Å². The summed E-state index contributed by atoms with van der Waals surface area (Å²) in [6.07, 6.45) is 3.76. The van der Waals surface area contributed by atoms with Gasteiger partial charge in [-0.05, 0) is 49.2 Å². The fraction of sp³-hybridized carbons (Fsp3) is 0.261. The van der Waals surface area contributed by atoms with Crippen LogP contribution in [0.5, 0.6) is 17.4 Å². The molecular weight excluding hydrogens is 382 g/mol. The highest BCUT2D eigenvalue weighted by atomic mass is 16.5. The molecule has 1 fully saturated rings. The lowest BCUT2D eigenvalue weighted by Gasteiger charge is -2.11. The average molecular weight is 405 g/mol. The molecule has 1 aliphatic rings. The summed E-state index contributed by atoms with van der Waals surface area (Å²) in [6, 6.07) is 16.2. The van der Waals surface area contributed by atoms with Crippen LogP contribution >= 0.6 is 0 Å². The van der Waals surface area contributed by atoms with Gasteiger partial charge in [-0.15, -0.1) is 0 Å². The summed E-state index contributed by atoms with van der Waals surface area (Å²) in [5, 5.41) is 2.93. The summed E-state index contributed by atoms with van der Waals surface area (Å²) in [4.78, 5) is 21.3. The van der Waals surface area contributed by atoms with Crippen LogP contribution in [0.3, 0.4) is 0 Å². The van der Waals surface area contributed by atoms with Gasteiger partial charge in [0.2, 0.25) is 5.88 Å². The molecule has 30 heavy (non-hydrogen) atoms. The number of nitrogens with one attached hydrogen (secondary N) is 1. The van der Waals surface area contributed by atoms with Gasteiger partial charge in [-0.1, -0.05) is 12.1 Å². The van der Waals surface area contributed by atoms with Crippen LogP contribution in [0.15, 0.2) is 60.8 Å². The minimum absolute atomic E-state index is 0.104. The van der Waals surface area contributed by atoms with E-state index in [2.05, 4.69) is 15.3 Å². The molecule has 1 aliphatic heterocycles.